The Labute approximate surface area is 191 Å². The molecule has 1 heterocycles. The van der Waals surface area contributed by atoms with Crippen molar-refractivity contribution in [3.05, 3.63) is 130 Å². The van der Waals surface area contributed by atoms with E-state index in [0.29, 0.717) is 34.3 Å². The van der Waals surface area contributed by atoms with Gasteiger partial charge in [-0.15, -0.1) is 0 Å². The Morgan fingerprint density at radius 2 is 1.18 bits per heavy atom. The highest BCUT2D eigenvalue weighted by atomic mass is 16.3. The first-order valence-corrected chi connectivity index (χ1v) is 10.8. The van der Waals surface area contributed by atoms with Gasteiger partial charge in [0.15, 0.2) is 5.43 Å². The summed E-state index contributed by atoms with van der Waals surface area (Å²) in [6.45, 7) is 0. The number of hydrogen-bond acceptors (Lipinski definition) is 4. The minimum atomic E-state index is -0.135. The van der Waals surface area contributed by atoms with Crippen molar-refractivity contribution in [2.75, 3.05) is 0 Å². The SMILES string of the molecule is O=c1c(Cc2ccccc2O)c(-c2ccccc2)oc2cccc(Cc3ccccc3O)c12. The van der Waals surface area contributed by atoms with Gasteiger partial charge in [0.05, 0.1) is 5.39 Å². The third kappa shape index (κ3) is 3.99. The lowest BCUT2D eigenvalue weighted by Gasteiger charge is -2.14. The molecule has 0 fully saturated rings. The van der Waals surface area contributed by atoms with Gasteiger partial charge in [-0.05, 0) is 34.9 Å². The standard InChI is InChI=1S/C29H22O4/c30-24-14-6-4-11-20(24)17-22-13-8-16-26-27(22)28(32)23(18-21-12-5-7-15-25(21)31)29(33-26)19-9-2-1-3-10-19/h1-16,30-31H,17-18H2. The Balaban J connectivity index is 1.75. The highest BCUT2D eigenvalue weighted by Crippen LogP contribution is 2.31. The van der Waals surface area contributed by atoms with Crippen LogP contribution in [0.25, 0.3) is 22.3 Å². The van der Waals surface area contributed by atoms with Crippen molar-refractivity contribution in [3.8, 4) is 22.8 Å². The minimum absolute atomic E-state index is 0.135. The number of phenolic OH excluding ortho intramolecular Hbond substituents is 2. The summed E-state index contributed by atoms with van der Waals surface area (Å²) >= 11 is 0. The quantitative estimate of drug-likeness (QED) is 0.353. The van der Waals surface area contributed by atoms with Crippen molar-refractivity contribution in [2.45, 2.75) is 12.8 Å². The highest BCUT2D eigenvalue weighted by Gasteiger charge is 2.20. The van der Waals surface area contributed by atoms with E-state index in [9.17, 15) is 15.0 Å². The van der Waals surface area contributed by atoms with Gasteiger partial charge in [-0.2, -0.15) is 0 Å². The van der Waals surface area contributed by atoms with Gasteiger partial charge in [-0.1, -0.05) is 78.9 Å². The topological polar surface area (TPSA) is 70.7 Å². The summed E-state index contributed by atoms with van der Waals surface area (Å²) in [5.74, 6) is 0.823. The smallest absolute Gasteiger partial charge is 0.197 e. The summed E-state index contributed by atoms with van der Waals surface area (Å²) in [6.07, 6.45) is 0.635. The van der Waals surface area contributed by atoms with Gasteiger partial charge < -0.3 is 14.6 Å². The normalized spacial score (nSPS) is 11.0. The van der Waals surface area contributed by atoms with E-state index in [0.717, 1.165) is 16.7 Å². The molecule has 0 saturated carbocycles. The van der Waals surface area contributed by atoms with Crippen molar-refractivity contribution in [1.29, 1.82) is 0 Å². The molecule has 0 radical (unpaired) electrons. The molecule has 4 nitrogen and oxygen atoms in total. The number of hydrogen-bond donors (Lipinski definition) is 2. The maximum atomic E-state index is 13.9. The third-order valence-electron chi connectivity index (χ3n) is 5.87. The zero-order chi connectivity index (χ0) is 22.8. The maximum Gasteiger partial charge on any atom is 0.197 e. The first kappa shape index (κ1) is 20.6. The van der Waals surface area contributed by atoms with Crippen LogP contribution < -0.4 is 5.43 Å². The molecule has 0 bridgehead atoms. The molecular weight excluding hydrogens is 412 g/mol. The second-order valence-corrected chi connectivity index (χ2v) is 8.01. The Morgan fingerprint density at radius 3 is 1.85 bits per heavy atom. The molecule has 0 spiro atoms. The van der Waals surface area contributed by atoms with Crippen LogP contribution >= 0.6 is 0 Å². The van der Waals surface area contributed by atoms with Gasteiger partial charge >= 0.3 is 0 Å². The molecule has 4 heteroatoms. The van der Waals surface area contributed by atoms with Gasteiger partial charge in [-0.3, -0.25) is 4.79 Å². The molecule has 2 N–H and O–H groups in total. The van der Waals surface area contributed by atoms with E-state index >= 15 is 0 Å². The molecule has 4 aromatic carbocycles. The molecular formula is C29H22O4. The van der Waals surface area contributed by atoms with Crippen LogP contribution in [-0.4, -0.2) is 10.2 Å². The number of aromatic hydroxyl groups is 2. The van der Waals surface area contributed by atoms with Crippen LogP contribution in [0.1, 0.15) is 22.3 Å². The average Bonchev–Trinajstić information content (AvgIpc) is 2.84. The van der Waals surface area contributed by atoms with Gasteiger partial charge in [0.2, 0.25) is 0 Å². The van der Waals surface area contributed by atoms with Crippen LogP contribution in [0, 0.1) is 0 Å². The first-order valence-electron chi connectivity index (χ1n) is 10.8. The summed E-state index contributed by atoms with van der Waals surface area (Å²) in [5, 5.41) is 21.1. The van der Waals surface area contributed by atoms with Crippen LogP contribution in [-0.2, 0) is 12.8 Å². The predicted octanol–water partition coefficient (Wildman–Crippen LogP) is 6.05. The maximum absolute atomic E-state index is 13.9. The molecule has 5 rings (SSSR count). The van der Waals surface area contributed by atoms with Gasteiger partial charge in [0.25, 0.3) is 0 Å². The molecule has 0 aliphatic carbocycles. The van der Waals surface area contributed by atoms with E-state index in [1.165, 1.54) is 0 Å². The second kappa shape index (κ2) is 8.67. The molecule has 0 atom stereocenters. The summed E-state index contributed by atoms with van der Waals surface area (Å²) in [6, 6.07) is 29.2. The fraction of sp³-hybridized carbons (Fsp3) is 0.0690. The first-order chi connectivity index (χ1) is 16.1. The van der Waals surface area contributed by atoms with Crippen molar-refractivity contribution in [1.82, 2.24) is 0 Å². The molecule has 1 aromatic heterocycles. The van der Waals surface area contributed by atoms with Gasteiger partial charge in [-0.25, -0.2) is 0 Å². The molecule has 0 unspecified atom stereocenters. The summed E-state index contributed by atoms with van der Waals surface area (Å²) in [7, 11) is 0. The van der Waals surface area contributed by atoms with E-state index in [2.05, 4.69) is 0 Å². The van der Waals surface area contributed by atoms with E-state index in [1.807, 2.05) is 66.7 Å². The lowest BCUT2D eigenvalue weighted by Crippen LogP contribution is -2.14. The molecule has 0 aliphatic rings. The van der Waals surface area contributed by atoms with Crippen LogP contribution in [0.5, 0.6) is 11.5 Å². The van der Waals surface area contributed by atoms with Crippen molar-refractivity contribution < 1.29 is 14.6 Å². The zero-order valence-corrected chi connectivity index (χ0v) is 17.9. The number of fused-ring (bicyclic) bond motifs is 1. The summed E-state index contributed by atoms with van der Waals surface area (Å²) in [5.41, 5.74) is 3.81. The number of para-hydroxylation sites is 2. The summed E-state index contributed by atoms with van der Waals surface area (Å²) < 4.78 is 6.34. The highest BCUT2D eigenvalue weighted by molar-refractivity contribution is 5.84. The largest absolute Gasteiger partial charge is 0.508 e. The van der Waals surface area contributed by atoms with Crippen molar-refractivity contribution in [3.63, 3.8) is 0 Å². The van der Waals surface area contributed by atoms with E-state index in [1.54, 1.807) is 30.3 Å². The fourth-order valence-electron chi connectivity index (χ4n) is 4.19. The van der Waals surface area contributed by atoms with Crippen LogP contribution in [0.15, 0.2) is 106 Å². The lowest BCUT2D eigenvalue weighted by atomic mass is 9.95. The Bertz CT molecular complexity index is 1500. The third-order valence-corrected chi connectivity index (χ3v) is 5.87. The monoisotopic (exact) mass is 434 g/mol. The van der Waals surface area contributed by atoms with Crippen LogP contribution in [0.2, 0.25) is 0 Å². The summed E-state index contributed by atoms with van der Waals surface area (Å²) in [4.78, 5) is 13.9. The van der Waals surface area contributed by atoms with Gasteiger partial charge in [0, 0.05) is 24.0 Å². The van der Waals surface area contributed by atoms with E-state index in [-0.39, 0.29) is 23.3 Å². The Morgan fingerprint density at radius 1 is 0.606 bits per heavy atom. The number of benzene rings is 4. The van der Waals surface area contributed by atoms with Crippen molar-refractivity contribution in [2.24, 2.45) is 0 Å². The Kier molecular flexibility index (Phi) is 5.41. The molecule has 0 aliphatic heterocycles. The average molecular weight is 434 g/mol. The number of rotatable bonds is 5. The van der Waals surface area contributed by atoms with Crippen LogP contribution in [0.3, 0.4) is 0 Å². The molecule has 162 valence electrons. The molecule has 33 heavy (non-hydrogen) atoms. The van der Waals surface area contributed by atoms with Crippen LogP contribution in [0.4, 0.5) is 0 Å². The molecule has 0 amide bonds. The zero-order valence-electron chi connectivity index (χ0n) is 17.9. The van der Waals surface area contributed by atoms with Crippen molar-refractivity contribution >= 4 is 11.0 Å². The lowest BCUT2D eigenvalue weighted by molar-refractivity contribution is 0.468. The van der Waals surface area contributed by atoms with E-state index < -0.39 is 0 Å². The number of phenols is 2. The second-order valence-electron chi connectivity index (χ2n) is 8.01. The molecule has 0 saturated heterocycles. The predicted molar refractivity (Wildman–Crippen MR) is 130 cm³/mol. The van der Waals surface area contributed by atoms with E-state index in [4.69, 9.17) is 4.42 Å². The minimum Gasteiger partial charge on any atom is -0.508 e. The molecule has 5 aromatic rings. The Hall–Kier alpha value is -4.31. The van der Waals surface area contributed by atoms with Gasteiger partial charge in [0.1, 0.15) is 22.8 Å². The fourth-order valence-corrected chi connectivity index (χ4v) is 4.19.